The second-order valence-corrected chi connectivity index (χ2v) is 8.91. The number of guanidine groups is 1. The molecule has 0 spiro atoms. The number of hydrogen-bond acceptors (Lipinski definition) is 5. The van der Waals surface area contributed by atoms with Crippen molar-refractivity contribution in [3.8, 4) is 0 Å². The van der Waals surface area contributed by atoms with Gasteiger partial charge in [0.25, 0.3) is 0 Å². The number of morpholine rings is 1. The lowest BCUT2D eigenvalue weighted by Crippen LogP contribution is -2.48. The van der Waals surface area contributed by atoms with E-state index in [0.717, 1.165) is 58.3 Å². The molecule has 2 unspecified atom stereocenters. The molecule has 162 valence electrons. The van der Waals surface area contributed by atoms with Gasteiger partial charge >= 0.3 is 0 Å². The molecule has 4 rings (SSSR count). The number of ether oxygens (including phenoxy) is 1. The number of benzene rings is 1. The first-order valence-electron chi connectivity index (χ1n) is 10.9. The normalized spacial score (nSPS) is 19.4. The molecule has 2 aliphatic heterocycles. The number of nitrogens with one attached hydrogen (secondary N) is 2. The van der Waals surface area contributed by atoms with Crippen molar-refractivity contribution in [3.63, 3.8) is 0 Å². The smallest absolute Gasteiger partial charge is 0.191 e. The molecule has 1 saturated heterocycles. The lowest BCUT2D eigenvalue weighted by Gasteiger charge is -2.34. The summed E-state index contributed by atoms with van der Waals surface area (Å²) >= 11 is 1.82. The summed E-state index contributed by atoms with van der Waals surface area (Å²) in [5, 5.41) is 9.26. The lowest BCUT2D eigenvalue weighted by atomic mass is 10.2. The van der Waals surface area contributed by atoms with Crippen molar-refractivity contribution in [3.05, 3.63) is 52.2 Å². The Balaban J connectivity index is 1.32. The maximum atomic E-state index is 5.55. The van der Waals surface area contributed by atoms with Crippen LogP contribution in [0.1, 0.15) is 23.4 Å². The van der Waals surface area contributed by atoms with Gasteiger partial charge in [0.1, 0.15) is 0 Å². The van der Waals surface area contributed by atoms with Crippen LogP contribution >= 0.6 is 11.3 Å². The van der Waals surface area contributed by atoms with Crippen molar-refractivity contribution in [2.45, 2.75) is 25.4 Å². The second kappa shape index (κ2) is 10.3. The maximum absolute atomic E-state index is 5.55. The Morgan fingerprint density at radius 2 is 1.90 bits per heavy atom. The van der Waals surface area contributed by atoms with Crippen molar-refractivity contribution in [1.29, 1.82) is 0 Å². The number of rotatable bonds is 7. The number of hydrogen-bond donors (Lipinski definition) is 2. The fourth-order valence-electron chi connectivity index (χ4n) is 4.37. The molecule has 0 saturated carbocycles. The van der Waals surface area contributed by atoms with Crippen LogP contribution in [-0.2, 0) is 11.2 Å². The van der Waals surface area contributed by atoms with E-state index >= 15 is 0 Å². The number of fused-ring (bicyclic) bond motifs is 1. The number of aliphatic imine (C=N–C) groups is 1. The highest BCUT2D eigenvalue weighted by atomic mass is 32.1. The standard InChI is InChI=1S/C23H33N5OS/c1-18(28-10-9-19-6-3-4-7-20(19)28)16-25-23(24-2)26-17-21(22-8-5-15-30-22)27-11-13-29-14-12-27/h3-8,15,18,21H,9-14,16-17H2,1-2H3,(H2,24,25,26). The zero-order valence-electron chi connectivity index (χ0n) is 18.0. The van der Waals surface area contributed by atoms with Crippen LogP contribution in [0, 0.1) is 0 Å². The van der Waals surface area contributed by atoms with Gasteiger partial charge in [-0.1, -0.05) is 24.3 Å². The molecule has 0 bridgehead atoms. The molecule has 30 heavy (non-hydrogen) atoms. The zero-order valence-corrected chi connectivity index (χ0v) is 18.8. The van der Waals surface area contributed by atoms with Crippen LogP contribution in [0.15, 0.2) is 46.8 Å². The summed E-state index contributed by atoms with van der Waals surface area (Å²) in [5.41, 5.74) is 2.83. The molecule has 2 N–H and O–H groups in total. The van der Waals surface area contributed by atoms with Gasteiger partial charge in [0.05, 0.1) is 19.3 Å². The Morgan fingerprint density at radius 1 is 1.10 bits per heavy atom. The van der Waals surface area contributed by atoms with Crippen LogP contribution in [0.4, 0.5) is 5.69 Å². The van der Waals surface area contributed by atoms with E-state index in [1.807, 2.05) is 18.4 Å². The zero-order chi connectivity index (χ0) is 20.8. The number of anilines is 1. The summed E-state index contributed by atoms with van der Waals surface area (Å²) in [6, 6.07) is 13.9. The van der Waals surface area contributed by atoms with Gasteiger partial charge in [-0.2, -0.15) is 0 Å². The quantitative estimate of drug-likeness (QED) is 0.526. The second-order valence-electron chi connectivity index (χ2n) is 7.93. The predicted octanol–water partition coefficient (Wildman–Crippen LogP) is 2.74. The fourth-order valence-corrected chi connectivity index (χ4v) is 5.23. The van der Waals surface area contributed by atoms with Crippen LogP contribution in [0.2, 0.25) is 0 Å². The molecular weight excluding hydrogens is 394 g/mol. The summed E-state index contributed by atoms with van der Waals surface area (Å²) in [6.07, 6.45) is 1.13. The molecule has 1 fully saturated rings. The minimum Gasteiger partial charge on any atom is -0.379 e. The average Bonchev–Trinajstić information content (AvgIpc) is 3.47. The molecule has 2 aromatic rings. The van der Waals surface area contributed by atoms with E-state index in [1.54, 1.807) is 0 Å². The van der Waals surface area contributed by atoms with Gasteiger partial charge in [0.15, 0.2) is 5.96 Å². The Morgan fingerprint density at radius 3 is 2.67 bits per heavy atom. The fraction of sp³-hybridized carbons (Fsp3) is 0.522. The van der Waals surface area contributed by atoms with Crippen LogP contribution in [0.5, 0.6) is 0 Å². The van der Waals surface area contributed by atoms with Gasteiger partial charge in [-0.15, -0.1) is 11.3 Å². The monoisotopic (exact) mass is 427 g/mol. The van der Waals surface area contributed by atoms with Crippen LogP contribution in [0.3, 0.4) is 0 Å². The summed E-state index contributed by atoms with van der Waals surface area (Å²) in [4.78, 5) is 10.9. The molecule has 0 radical (unpaired) electrons. The van der Waals surface area contributed by atoms with E-state index in [4.69, 9.17) is 4.74 Å². The van der Waals surface area contributed by atoms with Gasteiger partial charge in [0, 0.05) is 56.4 Å². The highest BCUT2D eigenvalue weighted by Gasteiger charge is 2.25. The molecule has 3 heterocycles. The van der Waals surface area contributed by atoms with Crippen molar-refractivity contribution in [2.24, 2.45) is 4.99 Å². The van der Waals surface area contributed by atoms with E-state index in [1.165, 1.54) is 16.1 Å². The van der Waals surface area contributed by atoms with Crippen molar-refractivity contribution in [1.82, 2.24) is 15.5 Å². The van der Waals surface area contributed by atoms with E-state index in [-0.39, 0.29) is 0 Å². The van der Waals surface area contributed by atoms with E-state index in [9.17, 15) is 0 Å². The number of nitrogens with zero attached hydrogens (tertiary/aromatic N) is 3. The number of para-hydroxylation sites is 1. The van der Waals surface area contributed by atoms with Gasteiger partial charge < -0.3 is 20.3 Å². The van der Waals surface area contributed by atoms with Gasteiger partial charge in [0.2, 0.25) is 0 Å². The molecular formula is C23H33N5OS. The first-order chi connectivity index (χ1) is 14.8. The third-order valence-electron chi connectivity index (χ3n) is 6.06. The highest BCUT2D eigenvalue weighted by Crippen LogP contribution is 2.29. The Bertz CT molecular complexity index is 819. The molecule has 7 heteroatoms. The minimum absolute atomic E-state index is 0.343. The SMILES string of the molecule is CN=C(NCC(c1cccs1)N1CCOCC1)NCC(C)N1CCc2ccccc21. The summed E-state index contributed by atoms with van der Waals surface area (Å²) in [7, 11) is 1.85. The van der Waals surface area contributed by atoms with Crippen LogP contribution in [0.25, 0.3) is 0 Å². The molecule has 0 amide bonds. The van der Waals surface area contributed by atoms with Crippen LogP contribution in [-0.4, -0.2) is 69.9 Å². The summed E-state index contributed by atoms with van der Waals surface area (Å²) in [6.45, 7) is 8.63. The Hall–Kier alpha value is -2.09. The van der Waals surface area contributed by atoms with Crippen molar-refractivity contribution in [2.75, 3.05) is 57.9 Å². The van der Waals surface area contributed by atoms with Gasteiger partial charge in [-0.3, -0.25) is 9.89 Å². The number of thiophene rings is 1. The molecule has 2 aliphatic rings. The van der Waals surface area contributed by atoms with E-state index in [0.29, 0.717) is 12.1 Å². The lowest BCUT2D eigenvalue weighted by molar-refractivity contribution is 0.0177. The molecule has 2 atom stereocenters. The van der Waals surface area contributed by atoms with Gasteiger partial charge in [-0.25, -0.2) is 0 Å². The van der Waals surface area contributed by atoms with E-state index < -0.39 is 0 Å². The highest BCUT2D eigenvalue weighted by molar-refractivity contribution is 7.10. The van der Waals surface area contributed by atoms with Crippen molar-refractivity contribution < 1.29 is 4.74 Å². The minimum atomic E-state index is 0.343. The molecule has 1 aromatic carbocycles. The maximum Gasteiger partial charge on any atom is 0.191 e. The summed E-state index contributed by atoms with van der Waals surface area (Å²) in [5.74, 6) is 0.865. The molecule has 6 nitrogen and oxygen atoms in total. The largest absolute Gasteiger partial charge is 0.379 e. The van der Waals surface area contributed by atoms with Gasteiger partial charge in [-0.05, 0) is 36.4 Å². The Kier molecular flexibility index (Phi) is 7.25. The first-order valence-corrected chi connectivity index (χ1v) is 11.8. The third kappa shape index (κ3) is 4.96. The molecule has 1 aromatic heterocycles. The topological polar surface area (TPSA) is 52.1 Å². The first kappa shape index (κ1) is 21.2. The van der Waals surface area contributed by atoms with E-state index in [2.05, 4.69) is 74.1 Å². The summed E-state index contributed by atoms with van der Waals surface area (Å²) < 4.78 is 5.55. The Labute approximate surface area is 183 Å². The molecule has 0 aliphatic carbocycles. The van der Waals surface area contributed by atoms with Crippen molar-refractivity contribution >= 4 is 23.0 Å². The average molecular weight is 428 g/mol. The van der Waals surface area contributed by atoms with Crippen LogP contribution < -0.4 is 15.5 Å². The third-order valence-corrected chi connectivity index (χ3v) is 7.04. The predicted molar refractivity (Wildman–Crippen MR) is 126 cm³/mol.